The van der Waals surface area contributed by atoms with Gasteiger partial charge in [-0.15, -0.1) is 6.42 Å². The first-order chi connectivity index (χ1) is 15.9. The number of anilines is 2. The molecule has 0 bridgehead atoms. The largest absolute Gasteiger partial charge is 0.391 e. The molecule has 2 atom stereocenters. The number of carbonyl (C=O) groups excluding carboxylic acids is 2. The van der Waals surface area contributed by atoms with E-state index >= 15 is 0 Å². The number of amides is 3. The van der Waals surface area contributed by atoms with Crippen LogP contribution in [0.15, 0.2) is 77.7 Å². The van der Waals surface area contributed by atoms with Gasteiger partial charge in [-0.2, -0.15) is 0 Å². The molecule has 1 aromatic heterocycles. The number of aliphatic hydroxyl groups excluding tert-OH is 1. The molecule has 33 heavy (non-hydrogen) atoms. The van der Waals surface area contributed by atoms with Crippen molar-refractivity contribution in [3.63, 3.8) is 0 Å². The summed E-state index contributed by atoms with van der Waals surface area (Å²) in [5, 5.41) is 15.6. The van der Waals surface area contributed by atoms with E-state index in [0.717, 1.165) is 0 Å². The van der Waals surface area contributed by atoms with Gasteiger partial charge in [0.25, 0.3) is 5.56 Å². The number of nitrogens with one attached hydrogen (secondary N) is 2. The Hall–Kier alpha value is -4.35. The van der Waals surface area contributed by atoms with Crippen molar-refractivity contribution < 1.29 is 14.7 Å². The fourth-order valence-electron chi connectivity index (χ4n) is 3.70. The molecule has 3 N–H and O–H groups in total. The normalized spacial score (nSPS) is 17.3. The van der Waals surface area contributed by atoms with Crippen LogP contribution in [0.5, 0.6) is 0 Å². The number of aliphatic hydroxyl groups is 1. The average Bonchev–Trinajstić information content (AvgIpc) is 3.22. The van der Waals surface area contributed by atoms with Crippen molar-refractivity contribution in [2.24, 2.45) is 0 Å². The first-order valence-electron chi connectivity index (χ1n) is 10.4. The lowest BCUT2D eigenvalue weighted by Crippen LogP contribution is -2.45. The van der Waals surface area contributed by atoms with E-state index in [1.54, 1.807) is 66.9 Å². The Morgan fingerprint density at radius 3 is 2.30 bits per heavy atom. The van der Waals surface area contributed by atoms with Crippen LogP contribution >= 0.6 is 0 Å². The van der Waals surface area contributed by atoms with Crippen molar-refractivity contribution in [1.29, 1.82) is 0 Å². The maximum absolute atomic E-state index is 12.9. The lowest BCUT2D eigenvalue weighted by atomic mass is 10.1. The molecule has 1 saturated heterocycles. The maximum Gasteiger partial charge on any atom is 0.322 e. The summed E-state index contributed by atoms with van der Waals surface area (Å²) in [5.74, 6) is 2.09. The molecular formula is C25H22N4O4. The molecule has 0 saturated carbocycles. The first kappa shape index (κ1) is 21.9. The Kier molecular flexibility index (Phi) is 6.24. The number of benzene rings is 2. The van der Waals surface area contributed by atoms with Gasteiger partial charge < -0.3 is 20.6 Å². The molecule has 8 heteroatoms. The minimum absolute atomic E-state index is 0.0439. The summed E-state index contributed by atoms with van der Waals surface area (Å²) in [6, 6.07) is 17.1. The van der Waals surface area contributed by atoms with E-state index in [9.17, 15) is 19.5 Å². The highest BCUT2D eigenvalue weighted by molar-refractivity contribution is 5.99. The van der Waals surface area contributed by atoms with Gasteiger partial charge in [-0.1, -0.05) is 12.0 Å². The number of terminal acetylenes is 1. The lowest BCUT2D eigenvalue weighted by molar-refractivity contribution is -0.119. The molecule has 3 amide bonds. The van der Waals surface area contributed by atoms with Gasteiger partial charge in [0, 0.05) is 47.9 Å². The van der Waals surface area contributed by atoms with Crippen LogP contribution in [0, 0.1) is 12.3 Å². The Labute approximate surface area is 190 Å². The molecule has 1 aliphatic heterocycles. The second kappa shape index (κ2) is 9.42. The number of carbonyl (C=O) groups is 2. The van der Waals surface area contributed by atoms with Crippen molar-refractivity contribution in [2.45, 2.75) is 18.6 Å². The zero-order chi connectivity index (χ0) is 23.4. The molecule has 2 heterocycles. The van der Waals surface area contributed by atoms with Crippen LogP contribution in [-0.2, 0) is 4.79 Å². The Morgan fingerprint density at radius 2 is 1.64 bits per heavy atom. The van der Waals surface area contributed by atoms with E-state index < -0.39 is 24.1 Å². The van der Waals surface area contributed by atoms with Crippen LogP contribution in [-0.4, -0.2) is 45.2 Å². The molecule has 4 rings (SSSR count). The third-order valence-corrected chi connectivity index (χ3v) is 5.38. The smallest absolute Gasteiger partial charge is 0.322 e. The number of hydrogen-bond acceptors (Lipinski definition) is 4. The zero-order valence-electron chi connectivity index (χ0n) is 17.6. The number of nitrogens with zero attached hydrogens (tertiary/aromatic N) is 2. The number of rotatable bonds is 4. The highest BCUT2D eigenvalue weighted by Gasteiger charge is 2.39. The highest BCUT2D eigenvalue weighted by Crippen LogP contribution is 2.22. The van der Waals surface area contributed by atoms with Gasteiger partial charge in [0.2, 0.25) is 5.91 Å². The fourth-order valence-corrected chi connectivity index (χ4v) is 3.70. The minimum atomic E-state index is -0.832. The second-order valence-electron chi connectivity index (χ2n) is 7.65. The van der Waals surface area contributed by atoms with E-state index in [2.05, 4.69) is 16.6 Å². The maximum atomic E-state index is 12.9. The molecule has 3 aromatic rings. The number of pyridine rings is 1. The summed E-state index contributed by atoms with van der Waals surface area (Å²) in [6.07, 6.45) is 6.33. The van der Waals surface area contributed by atoms with E-state index in [1.165, 1.54) is 15.5 Å². The lowest BCUT2D eigenvalue weighted by Gasteiger charge is -2.24. The number of β-amino-alcohol motifs (C(OH)–C–C–N with tert-alkyl or cyclic N) is 1. The molecule has 2 unspecified atom stereocenters. The van der Waals surface area contributed by atoms with Gasteiger partial charge in [-0.05, 0) is 54.6 Å². The summed E-state index contributed by atoms with van der Waals surface area (Å²) >= 11 is 0. The van der Waals surface area contributed by atoms with Crippen LogP contribution < -0.4 is 16.2 Å². The average molecular weight is 442 g/mol. The minimum Gasteiger partial charge on any atom is -0.391 e. The predicted octanol–water partition coefficient (Wildman–Crippen LogP) is 2.42. The van der Waals surface area contributed by atoms with Crippen LogP contribution in [0.25, 0.3) is 5.69 Å². The number of aromatic nitrogens is 1. The number of likely N-dealkylation sites (tertiary alicyclic amines) is 1. The molecule has 2 aromatic carbocycles. The van der Waals surface area contributed by atoms with Gasteiger partial charge in [-0.25, -0.2) is 4.79 Å². The predicted molar refractivity (Wildman–Crippen MR) is 125 cm³/mol. The van der Waals surface area contributed by atoms with Crippen molar-refractivity contribution in [2.75, 3.05) is 17.2 Å². The van der Waals surface area contributed by atoms with Gasteiger partial charge in [0.1, 0.15) is 6.04 Å². The number of hydrogen-bond donors (Lipinski definition) is 3. The van der Waals surface area contributed by atoms with Gasteiger partial charge in [-0.3, -0.25) is 14.2 Å². The summed E-state index contributed by atoms with van der Waals surface area (Å²) < 4.78 is 1.49. The summed E-state index contributed by atoms with van der Waals surface area (Å²) in [6.45, 7) is 0.0439. The van der Waals surface area contributed by atoms with Gasteiger partial charge in [0.05, 0.1) is 6.10 Å². The SMILES string of the molecule is C#Cc1ccc(NC(=O)N2CC(O)CC2C(=O)Nc2ccc(-n3ccccc3=O)cc2)cc1. The molecule has 1 fully saturated rings. The van der Waals surface area contributed by atoms with Gasteiger partial charge >= 0.3 is 6.03 Å². The van der Waals surface area contributed by atoms with Crippen LogP contribution in [0.3, 0.4) is 0 Å². The molecular weight excluding hydrogens is 420 g/mol. The molecule has 1 aliphatic rings. The molecule has 8 nitrogen and oxygen atoms in total. The van der Waals surface area contributed by atoms with E-state index in [1.807, 2.05) is 0 Å². The quantitative estimate of drug-likeness (QED) is 0.540. The highest BCUT2D eigenvalue weighted by atomic mass is 16.3. The van der Waals surface area contributed by atoms with Crippen LogP contribution in [0.4, 0.5) is 16.2 Å². The zero-order valence-corrected chi connectivity index (χ0v) is 17.6. The molecule has 0 radical (unpaired) electrons. The molecule has 166 valence electrons. The first-order valence-corrected chi connectivity index (χ1v) is 10.4. The van der Waals surface area contributed by atoms with Gasteiger partial charge in [0.15, 0.2) is 0 Å². The fraction of sp³-hybridized carbons (Fsp3) is 0.160. The van der Waals surface area contributed by atoms with Crippen molar-refractivity contribution in [3.8, 4) is 18.0 Å². The Morgan fingerprint density at radius 1 is 0.970 bits per heavy atom. The van der Waals surface area contributed by atoms with Crippen LogP contribution in [0.1, 0.15) is 12.0 Å². The Balaban J connectivity index is 1.44. The van der Waals surface area contributed by atoms with Crippen molar-refractivity contribution in [1.82, 2.24) is 9.47 Å². The monoisotopic (exact) mass is 442 g/mol. The third kappa shape index (κ3) is 4.95. The third-order valence-electron chi connectivity index (χ3n) is 5.38. The molecule has 0 spiro atoms. The summed E-state index contributed by atoms with van der Waals surface area (Å²) in [7, 11) is 0. The summed E-state index contributed by atoms with van der Waals surface area (Å²) in [4.78, 5) is 38.9. The molecule has 0 aliphatic carbocycles. The standard InChI is InChI=1S/C25H22N4O4/c1-2-17-6-8-19(9-7-17)27-25(33)29-16-21(30)15-22(29)24(32)26-18-10-12-20(13-11-18)28-14-4-3-5-23(28)31/h1,3-14,21-22,30H,15-16H2,(H,26,32)(H,27,33). The number of urea groups is 1. The van der Waals surface area contributed by atoms with E-state index in [4.69, 9.17) is 6.42 Å². The van der Waals surface area contributed by atoms with Crippen molar-refractivity contribution >= 4 is 23.3 Å². The second-order valence-corrected chi connectivity index (χ2v) is 7.65. The Bertz CT molecular complexity index is 1260. The van der Waals surface area contributed by atoms with Crippen LogP contribution in [0.2, 0.25) is 0 Å². The van der Waals surface area contributed by atoms with Crippen molar-refractivity contribution in [3.05, 3.63) is 88.8 Å². The van der Waals surface area contributed by atoms with E-state index in [-0.39, 0.29) is 18.5 Å². The topological polar surface area (TPSA) is 104 Å². The summed E-state index contributed by atoms with van der Waals surface area (Å²) in [5.41, 5.74) is 2.23. The van der Waals surface area contributed by atoms with E-state index in [0.29, 0.717) is 22.6 Å².